The summed E-state index contributed by atoms with van der Waals surface area (Å²) in [6, 6.07) is 0. The highest BCUT2D eigenvalue weighted by atomic mass is 16.6. The molecule has 6 heteroatoms. The summed E-state index contributed by atoms with van der Waals surface area (Å²) in [4.78, 5) is 30.6. The first kappa shape index (κ1) is 11.2. The Morgan fingerprint density at radius 2 is 1.77 bits per heavy atom. The summed E-state index contributed by atoms with van der Waals surface area (Å²) >= 11 is 0. The number of carboxylic acids is 1. The van der Waals surface area contributed by atoms with E-state index in [1.807, 2.05) is 0 Å². The Hall–Kier alpha value is -1.85. The van der Waals surface area contributed by atoms with Crippen LogP contribution in [0, 0.1) is 0 Å². The van der Waals surface area contributed by atoms with Crippen molar-refractivity contribution >= 4 is 17.9 Å². The van der Waals surface area contributed by atoms with Crippen molar-refractivity contribution in [1.82, 2.24) is 0 Å². The first-order valence-corrected chi connectivity index (χ1v) is 3.27. The van der Waals surface area contributed by atoms with Gasteiger partial charge in [0.1, 0.15) is 13.2 Å². The third-order valence-corrected chi connectivity index (χ3v) is 0.902. The Labute approximate surface area is 73.7 Å². The normalized spacial score (nSPS) is 8.62. The second kappa shape index (κ2) is 5.76. The molecule has 0 aromatic heterocycles. The largest absolute Gasteiger partial charge is 0.473 e. The van der Waals surface area contributed by atoms with Gasteiger partial charge in [0.2, 0.25) is 0 Å². The van der Waals surface area contributed by atoms with E-state index in [0.29, 0.717) is 0 Å². The lowest BCUT2D eigenvalue weighted by molar-refractivity contribution is -0.165. The van der Waals surface area contributed by atoms with Gasteiger partial charge in [0, 0.05) is 6.08 Å². The van der Waals surface area contributed by atoms with Gasteiger partial charge in [0.05, 0.1) is 0 Å². The zero-order chi connectivity index (χ0) is 10.3. The average molecular weight is 188 g/mol. The molecule has 0 aliphatic rings. The number of rotatable bonds is 4. The Balaban J connectivity index is 3.46. The Kier molecular flexibility index (Phi) is 4.94. The molecule has 0 aromatic carbocycles. The second-order valence-corrected chi connectivity index (χ2v) is 1.81. The number of carbonyl (C=O) groups excluding carboxylic acids is 2. The molecule has 13 heavy (non-hydrogen) atoms. The van der Waals surface area contributed by atoms with Crippen molar-refractivity contribution in [2.75, 3.05) is 13.2 Å². The van der Waals surface area contributed by atoms with Gasteiger partial charge in [-0.05, 0) is 0 Å². The van der Waals surface area contributed by atoms with Gasteiger partial charge < -0.3 is 14.6 Å². The lowest BCUT2D eigenvalue weighted by atomic mass is 10.6. The number of ether oxygens (including phenoxy) is 2. The van der Waals surface area contributed by atoms with E-state index < -0.39 is 17.9 Å². The molecule has 0 heterocycles. The first-order chi connectivity index (χ1) is 6.07. The Bertz CT molecular complexity index is 231. The number of carbonyl (C=O) groups is 3. The van der Waals surface area contributed by atoms with Crippen LogP contribution in [-0.2, 0) is 23.9 Å². The minimum atomic E-state index is -1.69. The van der Waals surface area contributed by atoms with Crippen LogP contribution in [0.25, 0.3) is 0 Å². The van der Waals surface area contributed by atoms with E-state index in [0.717, 1.165) is 6.08 Å². The average Bonchev–Trinajstić information content (AvgIpc) is 2.11. The summed E-state index contributed by atoms with van der Waals surface area (Å²) in [5.74, 6) is -3.73. The van der Waals surface area contributed by atoms with Gasteiger partial charge in [-0.2, -0.15) is 0 Å². The van der Waals surface area contributed by atoms with Crippen molar-refractivity contribution in [3.8, 4) is 0 Å². The van der Waals surface area contributed by atoms with E-state index in [1.165, 1.54) is 0 Å². The van der Waals surface area contributed by atoms with Gasteiger partial charge in [0.15, 0.2) is 0 Å². The summed E-state index contributed by atoms with van der Waals surface area (Å²) in [5.41, 5.74) is 0. The topological polar surface area (TPSA) is 89.9 Å². The van der Waals surface area contributed by atoms with Crippen LogP contribution in [-0.4, -0.2) is 36.2 Å². The van der Waals surface area contributed by atoms with E-state index in [4.69, 9.17) is 5.11 Å². The molecule has 0 fully saturated rings. The van der Waals surface area contributed by atoms with Crippen LogP contribution in [0.15, 0.2) is 12.7 Å². The molecule has 0 radical (unpaired) electrons. The van der Waals surface area contributed by atoms with E-state index in [2.05, 4.69) is 16.1 Å². The van der Waals surface area contributed by atoms with Crippen molar-refractivity contribution in [3.63, 3.8) is 0 Å². The molecule has 72 valence electrons. The molecule has 0 amide bonds. The van der Waals surface area contributed by atoms with E-state index in [1.54, 1.807) is 0 Å². The van der Waals surface area contributed by atoms with Crippen LogP contribution < -0.4 is 0 Å². The highest BCUT2D eigenvalue weighted by Crippen LogP contribution is 1.82. The summed E-state index contributed by atoms with van der Waals surface area (Å²) in [5, 5.41) is 8.04. The SMILES string of the molecule is C=CC(=O)OCCOC(=O)C(=O)O. The molecule has 0 saturated heterocycles. The third-order valence-electron chi connectivity index (χ3n) is 0.902. The summed E-state index contributed by atoms with van der Waals surface area (Å²) < 4.78 is 8.54. The molecule has 0 saturated carbocycles. The third kappa shape index (κ3) is 5.42. The van der Waals surface area contributed by atoms with Crippen molar-refractivity contribution in [3.05, 3.63) is 12.7 Å². The molecule has 1 N–H and O–H groups in total. The van der Waals surface area contributed by atoms with Gasteiger partial charge in [-0.1, -0.05) is 6.58 Å². The van der Waals surface area contributed by atoms with Crippen LogP contribution in [0.4, 0.5) is 0 Å². The van der Waals surface area contributed by atoms with E-state index in [9.17, 15) is 14.4 Å². The van der Waals surface area contributed by atoms with Crippen LogP contribution in [0.5, 0.6) is 0 Å². The molecular weight excluding hydrogens is 180 g/mol. The Morgan fingerprint density at radius 3 is 2.23 bits per heavy atom. The number of esters is 2. The van der Waals surface area contributed by atoms with Crippen molar-refractivity contribution in [2.45, 2.75) is 0 Å². The fourth-order valence-corrected chi connectivity index (χ4v) is 0.397. The molecule has 0 aromatic rings. The molecule has 0 aliphatic carbocycles. The maximum absolute atomic E-state index is 10.4. The molecule has 0 unspecified atom stereocenters. The molecule has 6 nitrogen and oxygen atoms in total. The van der Waals surface area contributed by atoms with Gasteiger partial charge in [-0.15, -0.1) is 0 Å². The smallest absolute Gasteiger partial charge is 0.417 e. The van der Waals surface area contributed by atoms with E-state index in [-0.39, 0.29) is 13.2 Å². The van der Waals surface area contributed by atoms with Crippen molar-refractivity contribution in [1.29, 1.82) is 0 Å². The molecule has 0 rings (SSSR count). The molecule has 0 atom stereocenters. The molecular formula is C7H8O6. The predicted octanol–water partition coefficient (Wildman–Crippen LogP) is -0.657. The predicted molar refractivity (Wildman–Crippen MR) is 39.8 cm³/mol. The molecule has 0 spiro atoms. The zero-order valence-electron chi connectivity index (χ0n) is 6.69. The summed E-state index contributed by atoms with van der Waals surface area (Å²) in [6.45, 7) is 2.65. The number of hydrogen-bond donors (Lipinski definition) is 1. The number of aliphatic carboxylic acids is 1. The lowest BCUT2D eigenvalue weighted by Gasteiger charge is -2.01. The minimum Gasteiger partial charge on any atom is -0.473 e. The van der Waals surface area contributed by atoms with Crippen LogP contribution >= 0.6 is 0 Å². The highest BCUT2D eigenvalue weighted by Gasteiger charge is 2.12. The summed E-state index contributed by atoms with van der Waals surface area (Å²) in [7, 11) is 0. The van der Waals surface area contributed by atoms with Crippen molar-refractivity contribution in [2.24, 2.45) is 0 Å². The molecule has 0 aliphatic heterocycles. The summed E-state index contributed by atoms with van der Waals surface area (Å²) in [6.07, 6.45) is 0.943. The monoisotopic (exact) mass is 188 g/mol. The van der Waals surface area contributed by atoms with Crippen LogP contribution in [0.2, 0.25) is 0 Å². The fraction of sp³-hybridized carbons (Fsp3) is 0.286. The van der Waals surface area contributed by atoms with Crippen LogP contribution in [0.1, 0.15) is 0 Å². The number of hydrogen-bond acceptors (Lipinski definition) is 5. The van der Waals surface area contributed by atoms with Gasteiger partial charge >= 0.3 is 17.9 Å². The van der Waals surface area contributed by atoms with Crippen molar-refractivity contribution < 1.29 is 29.0 Å². The van der Waals surface area contributed by atoms with E-state index >= 15 is 0 Å². The highest BCUT2D eigenvalue weighted by molar-refractivity contribution is 6.28. The van der Waals surface area contributed by atoms with Crippen LogP contribution in [0.3, 0.4) is 0 Å². The maximum atomic E-state index is 10.4. The first-order valence-electron chi connectivity index (χ1n) is 3.27. The molecule has 0 bridgehead atoms. The maximum Gasteiger partial charge on any atom is 0.417 e. The Morgan fingerprint density at radius 1 is 1.23 bits per heavy atom. The van der Waals surface area contributed by atoms with Gasteiger partial charge in [0.25, 0.3) is 0 Å². The zero-order valence-corrected chi connectivity index (χ0v) is 6.69. The number of carboxylic acid groups (broad SMARTS) is 1. The minimum absolute atomic E-state index is 0.191. The fourth-order valence-electron chi connectivity index (χ4n) is 0.397. The van der Waals surface area contributed by atoms with Gasteiger partial charge in [-0.25, -0.2) is 14.4 Å². The standard InChI is InChI=1S/C7H8O6/c1-2-5(8)12-3-4-13-7(11)6(9)10/h2H,1,3-4H2,(H,9,10). The lowest BCUT2D eigenvalue weighted by Crippen LogP contribution is -2.19. The second-order valence-electron chi connectivity index (χ2n) is 1.81. The quantitative estimate of drug-likeness (QED) is 0.272. The van der Waals surface area contributed by atoms with Gasteiger partial charge in [-0.3, -0.25) is 0 Å².